The van der Waals surface area contributed by atoms with Crippen molar-refractivity contribution in [3.63, 3.8) is 0 Å². The number of hydrogen-bond donors (Lipinski definition) is 2. The van der Waals surface area contributed by atoms with E-state index in [1.54, 1.807) is 32.0 Å². The van der Waals surface area contributed by atoms with E-state index in [1.807, 2.05) is 20.8 Å². The number of ether oxygens (including phenoxy) is 1. The van der Waals surface area contributed by atoms with E-state index in [2.05, 4.69) is 5.32 Å². The molecule has 0 bridgehead atoms. The fraction of sp³-hybridized carbons (Fsp3) is 0.588. The summed E-state index contributed by atoms with van der Waals surface area (Å²) in [5.41, 5.74) is 0.723. The Hall–Kier alpha value is -1.26. The molecular weight excluding hydrogens is 302 g/mol. The quantitative estimate of drug-likeness (QED) is 0.807. The number of rotatable bonds is 7. The Morgan fingerprint density at radius 2 is 2.05 bits per heavy atom. The van der Waals surface area contributed by atoms with Gasteiger partial charge in [0, 0.05) is 11.6 Å². The molecule has 1 aromatic rings. The molecule has 0 aliphatic carbocycles. The Balaban J connectivity index is 2.55. The highest BCUT2D eigenvalue weighted by atomic mass is 35.5. The van der Waals surface area contributed by atoms with Crippen molar-refractivity contribution >= 4 is 17.5 Å². The van der Waals surface area contributed by atoms with Crippen LogP contribution in [0.2, 0.25) is 5.02 Å². The van der Waals surface area contributed by atoms with Crippen LogP contribution >= 0.6 is 11.6 Å². The van der Waals surface area contributed by atoms with Crippen molar-refractivity contribution in [1.29, 1.82) is 0 Å². The zero-order valence-corrected chi connectivity index (χ0v) is 14.7. The Morgan fingerprint density at radius 3 is 2.59 bits per heavy atom. The predicted octanol–water partition coefficient (Wildman–Crippen LogP) is 3.33. The van der Waals surface area contributed by atoms with E-state index in [1.165, 1.54) is 0 Å². The van der Waals surface area contributed by atoms with Gasteiger partial charge in [-0.1, -0.05) is 25.4 Å². The van der Waals surface area contributed by atoms with Gasteiger partial charge in [-0.2, -0.15) is 0 Å². The van der Waals surface area contributed by atoms with E-state index in [4.69, 9.17) is 16.3 Å². The highest BCUT2D eigenvalue weighted by Crippen LogP contribution is 2.23. The molecule has 22 heavy (non-hydrogen) atoms. The molecule has 0 aliphatic heterocycles. The molecule has 124 valence electrons. The third kappa shape index (κ3) is 6.24. The van der Waals surface area contributed by atoms with Crippen molar-refractivity contribution < 1.29 is 14.6 Å². The molecule has 2 atom stereocenters. The van der Waals surface area contributed by atoms with Crippen molar-refractivity contribution in [2.24, 2.45) is 5.41 Å². The predicted molar refractivity (Wildman–Crippen MR) is 89.4 cm³/mol. The highest BCUT2D eigenvalue weighted by molar-refractivity contribution is 6.30. The van der Waals surface area contributed by atoms with Crippen LogP contribution in [0.1, 0.15) is 39.7 Å². The van der Waals surface area contributed by atoms with E-state index >= 15 is 0 Å². The second-order valence-electron chi connectivity index (χ2n) is 6.61. The van der Waals surface area contributed by atoms with Crippen LogP contribution in [-0.4, -0.2) is 29.8 Å². The number of nitrogens with one attached hydrogen (secondary N) is 1. The van der Waals surface area contributed by atoms with E-state index in [0.717, 1.165) is 5.56 Å². The minimum absolute atomic E-state index is 0.167. The molecule has 5 heteroatoms. The second kappa shape index (κ2) is 7.84. The molecule has 1 rings (SSSR count). The van der Waals surface area contributed by atoms with Crippen LogP contribution in [-0.2, 0) is 4.79 Å². The first kappa shape index (κ1) is 18.8. The van der Waals surface area contributed by atoms with Crippen LogP contribution in [0.5, 0.6) is 5.75 Å². The van der Waals surface area contributed by atoms with Gasteiger partial charge < -0.3 is 15.2 Å². The van der Waals surface area contributed by atoms with Crippen LogP contribution in [0.3, 0.4) is 0 Å². The van der Waals surface area contributed by atoms with Crippen LogP contribution in [0.4, 0.5) is 0 Å². The Labute approximate surface area is 137 Å². The van der Waals surface area contributed by atoms with Gasteiger partial charge in [-0.25, -0.2) is 0 Å². The molecular formula is C17H26ClNO3. The Kier molecular flexibility index (Phi) is 6.69. The summed E-state index contributed by atoms with van der Waals surface area (Å²) in [4.78, 5) is 12.1. The maximum Gasteiger partial charge on any atom is 0.260 e. The van der Waals surface area contributed by atoms with Crippen molar-refractivity contribution in [3.8, 4) is 5.75 Å². The number of carbonyl (C=O) groups is 1. The first-order chi connectivity index (χ1) is 10.1. The molecule has 2 N–H and O–H groups in total. The third-order valence-corrected chi connectivity index (χ3v) is 3.63. The summed E-state index contributed by atoms with van der Waals surface area (Å²) in [5, 5.41) is 13.0. The van der Waals surface area contributed by atoms with E-state index < -0.39 is 12.2 Å². The summed E-state index contributed by atoms with van der Waals surface area (Å²) >= 11 is 5.90. The second-order valence-corrected chi connectivity index (χ2v) is 7.04. The number of aliphatic hydroxyl groups excluding tert-OH is 1. The monoisotopic (exact) mass is 327 g/mol. The lowest BCUT2D eigenvalue weighted by Gasteiger charge is -2.27. The molecule has 0 heterocycles. The molecule has 0 fully saturated rings. The Morgan fingerprint density at radius 1 is 1.41 bits per heavy atom. The average molecular weight is 328 g/mol. The van der Waals surface area contributed by atoms with Crippen molar-refractivity contribution in [1.82, 2.24) is 5.32 Å². The summed E-state index contributed by atoms with van der Waals surface area (Å²) in [5.74, 6) is 0.475. The van der Waals surface area contributed by atoms with Gasteiger partial charge >= 0.3 is 0 Å². The van der Waals surface area contributed by atoms with Gasteiger partial charge in [0.2, 0.25) is 0 Å². The molecule has 2 unspecified atom stereocenters. The normalized spacial score (nSPS) is 14.3. The van der Waals surface area contributed by atoms with Crippen LogP contribution in [0.25, 0.3) is 0 Å². The molecule has 0 saturated heterocycles. The van der Waals surface area contributed by atoms with Gasteiger partial charge in [0.15, 0.2) is 6.10 Å². The summed E-state index contributed by atoms with van der Waals surface area (Å²) in [6.07, 6.45) is -0.363. The minimum atomic E-state index is -0.595. The zero-order chi connectivity index (χ0) is 16.9. The molecule has 1 aromatic carbocycles. The first-order valence-corrected chi connectivity index (χ1v) is 7.87. The van der Waals surface area contributed by atoms with Crippen molar-refractivity contribution in [2.75, 3.05) is 6.54 Å². The summed E-state index contributed by atoms with van der Waals surface area (Å²) in [7, 11) is 0. The fourth-order valence-electron chi connectivity index (χ4n) is 2.33. The first-order valence-electron chi connectivity index (χ1n) is 7.49. The molecule has 0 aliphatic rings. The van der Waals surface area contributed by atoms with Gasteiger partial charge in [0.1, 0.15) is 5.75 Å². The largest absolute Gasteiger partial charge is 0.481 e. The number of aryl methyl sites for hydroxylation is 1. The van der Waals surface area contributed by atoms with E-state index in [9.17, 15) is 9.90 Å². The lowest BCUT2D eigenvalue weighted by atomic mass is 9.87. The van der Waals surface area contributed by atoms with Gasteiger partial charge in [-0.3, -0.25) is 4.79 Å². The summed E-state index contributed by atoms with van der Waals surface area (Å²) in [6, 6.07) is 5.30. The standard InChI is InChI=1S/C17H26ClNO3/c1-11-8-14(18)6-7-15(11)22-13(3)16(21)19-10-17(4,5)9-12(2)20/h6-8,12-13,20H,9-10H2,1-5H3,(H,19,21). The summed E-state index contributed by atoms with van der Waals surface area (Å²) < 4.78 is 5.69. The summed E-state index contributed by atoms with van der Waals surface area (Å²) in [6.45, 7) is 9.86. The number of carbonyl (C=O) groups excluding carboxylic acids is 1. The highest BCUT2D eigenvalue weighted by Gasteiger charge is 2.23. The molecule has 0 radical (unpaired) electrons. The number of benzene rings is 1. The topological polar surface area (TPSA) is 58.6 Å². The smallest absolute Gasteiger partial charge is 0.260 e. The van der Waals surface area contributed by atoms with Gasteiger partial charge in [0.25, 0.3) is 5.91 Å². The Bertz CT molecular complexity index is 515. The lowest BCUT2D eigenvalue weighted by molar-refractivity contribution is -0.127. The third-order valence-electron chi connectivity index (χ3n) is 3.40. The average Bonchev–Trinajstić information content (AvgIpc) is 2.37. The fourth-order valence-corrected chi connectivity index (χ4v) is 2.56. The minimum Gasteiger partial charge on any atom is -0.481 e. The van der Waals surface area contributed by atoms with E-state index in [0.29, 0.717) is 23.7 Å². The molecule has 4 nitrogen and oxygen atoms in total. The van der Waals surface area contributed by atoms with Crippen LogP contribution in [0, 0.1) is 12.3 Å². The van der Waals surface area contributed by atoms with Crippen molar-refractivity contribution in [3.05, 3.63) is 28.8 Å². The van der Waals surface area contributed by atoms with E-state index in [-0.39, 0.29) is 11.3 Å². The van der Waals surface area contributed by atoms with Gasteiger partial charge in [-0.05, 0) is 56.4 Å². The maximum absolute atomic E-state index is 12.1. The van der Waals surface area contributed by atoms with Crippen molar-refractivity contribution in [2.45, 2.75) is 53.2 Å². The number of aliphatic hydroxyl groups is 1. The SMILES string of the molecule is Cc1cc(Cl)ccc1OC(C)C(=O)NCC(C)(C)CC(C)O. The molecule has 0 saturated carbocycles. The molecule has 1 amide bonds. The molecule has 0 spiro atoms. The lowest BCUT2D eigenvalue weighted by Crippen LogP contribution is -2.42. The van der Waals surface area contributed by atoms with Gasteiger partial charge in [0.05, 0.1) is 6.10 Å². The molecule has 0 aromatic heterocycles. The zero-order valence-electron chi connectivity index (χ0n) is 13.9. The number of hydrogen-bond acceptors (Lipinski definition) is 3. The maximum atomic E-state index is 12.1. The number of amides is 1. The number of halogens is 1. The van der Waals surface area contributed by atoms with Crippen LogP contribution < -0.4 is 10.1 Å². The van der Waals surface area contributed by atoms with Crippen LogP contribution in [0.15, 0.2) is 18.2 Å². The van der Waals surface area contributed by atoms with Gasteiger partial charge in [-0.15, -0.1) is 0 Å².